The van der Waals surface area contributed by atoms with Gasteiger partial charge in [0.2, 0.25) is 0 Å². The number of benzene rings is 1. The molecule has 1 fully saturated rings. The van der Waals surface area contributed by atoms with Gasteiger partial charge >= 0.3 is 0 Å². The number of ether oxygens (including phenoxy) is 2. The highest BCUT2D eigenvalue weighted by atomic mass is 19.1. The molecule has 8 nitrogen and oxygen atoms in total. The minimum absolute atomic E-state index is 0.339. The number of pyridine rings is 1. The summed E-state index contributed by atoms with van der Waals surface area (Å²) in [4.78, 5) is 9.35. The predicted molar refractivity (Wildman–Crippen MR) is 130 cm³/mol. The third-order valence-corrected chi connectivity index (χ3v) is 6.75. The van der Waals surface area contributed by atoms with Gasteiger partial charge in [-0.1, -0.05) is 6.07 Å². The normalized spacial score (nSPS) is 14.7. The Morgan fingerprint density at radius 2 is 1.97 bits per heavy atom. The number of hydrogen-bond acceptors (Lipinski definition) is 6. The zero-order valence-electron chi connectivity index (χ0n) is 19.6. The van der Waals surface area contributed by atoms with Crippen LogP contribution in [-0.4, -0.2) is 49.5 Å². The highest BCUT2D eigenvalue weighted by Crippen LogP contribution is 2.37. The highest BCUT2D eigenvalue weighted by Gasteiger charge is 2.21. The molecule has 0 amide bonds. The van der Waals surface area contributed by atoms with Gasteiger partial charge in [-0.15, -0.1) is 5.10 Å². The van der Waals surface area contributed by atoms with Crippen molar-refractivity contribution in [2.75, 3.05) is 20.3 Å². The lowest BCUT2D eigenvalue weighted by Gasteiger charge is -2.19. The summed E-state index contributed by atoms with van der Waals surface area (Å²) in [6.07, 6.45) is 9.24. The van der Waals surface area contributed by atoms with Crippen molar-refractivity contribution < 1.29 is 13.9 Å². The summed E-state index contributed by atoms with van der Waals surface area (Å²) < 4.78 is 30.3. The molecule has 6 rings (SSSR count). The van der Waals surface area contributed by atoms with Crippen molar-refractivity contribution in [2.45, 2.75) is 32.2 Å². The summed E-state index contributed by atoms with van der Waals surface area (Å²) in [7, 11) is 1.59. The Balaban J connectivity index is 1.47. The van der Waals surface area contributed by atoms with Crippen LogP contribution in [0.4, 0.5) is 4.39 Å². The topological polar surface area (TPSA) is 79.4 Å². The third-order valence-electron chi connectivity index (χ3n) is 6.75. The van der Waals surface area contributed by atoms with Crippen molar-refractivity contribution in [3.63, 3.8) is 0 Å². The number of methoxy groups -OCH3 is 1. The van der Waals surface area contributed by atoms with Crippen LogP contribution in [0.15, 0.2) is 49.2 Å². The fourth-order valence-electron chi connectivity index (χ4n) is 4.81. The second-order valence-corrected chi connectivity index (χ2v) is 8.73. The molecule has 0 unspecified atom stereocenters. The fourth-order valence-corrected chi connectivity index (χ4v) is 4.81. The van der Waals surface area contributed by atoms with Gasteiger partial charge in [0.15, 0.2) is 5.65 Å². The molecule has 5 aromatic rings. The zero-order valence-corrected chi connectivity index (χ0v) is 19.6. The smallest absolute Gasteiger partial charge is 0.183 e. The first kappa shape index (κ1) is 21.7. The van der Waals surface area contributed by atoms with Gasteiger partial charge in [0.1, 0.15) is 22.7 Å². The first-order valence-corrected chi connectivity index (χ1v) is 11.8. The number of imidazole rings is 2. The Hall–Kier alpha value is -3.85. The molecule has 0 saturated carbocycles. The molecule has 1 aliphatic rings. The number of aryl methyl sites for hydroxylation is 1. The lowest BCUT2D eigenvalue weighted by atomic mass is 9.97. The minimum Gasteiger partial charge on any atom is -0.496 e. The predicted octanol–water partition coefficient (Wildman–Crippen LogP) is 4.87. The van der Waals surface area contributed by atoms with Gasteiger partial charge in [-0.25, -0.2) is 14.4 Å². The van der Waals surface area contributed by atoms with Crippen molar-refractivity contribution in [1.29, 1.82) is 0 Å². The number of aromatic nitrogens is 6. The molecule has 0 radical (unpaired) electrons. The van der Waals surface area contributed by atoms with Crippen LogP contribution < -0.4 is 4.74 Å². The molecule has 5 heterocycles. The monoisotopic (exact) mass is 472 g/mol. The highest BCUT2D eigenvalue weighted by molar-refractivity contribution is 5.90. The van der Waals surface area contributed by atoms with Gasteiger partial charge < -0.3 is 18.4 Å². The Kier molecular flexibility index (Phi) is 5.41. The van der Waals surface area contributed by atoms with Crippen LogP contribution in [0.3, 0.4) is 0 Å². The van der Waals surface area contributed by atoms with E-state index in [2.05, 4.69) is 15.2 Å². The van der Waals surface area contributed by atoms with Crippen LogP contribution in [0.2, 0.25) is 0 Å². The molecule has 0 spiro atoms. The van der Waals surface area contributed by atoms with E-state index in [-0.39, 0.29) is 5.82 Å². The lowest BCUT2D eigenvalue weighted by molar-refractivity contribution is 0.0846. The van der Waals surface area contributed by atoms with Crippen molar-refractivity contribution in [3.05, 3.63) is 60.7 Å². The van der Waals surface area contributed by atoms with Gasteiger partial charge in [-0.2, -0.15) is 5.10 Å². The largest absolute Gasteiger partial charge is 0.496 e. The standard InChI is InChI=1S/C26H25FN6O2/c1-3-32-15-28-25-19(12-29-31-26(25)32)17-4-5-21(27)18(10-17)20-13-33-14-22(16-6-8-35-9-7-16)30-24(33)11-23(20)34-2/h4-5,10-16H,3,6-9H2,1-2H3. The number of nitrogens with zero attached hydrogens (tertiary/aromatic N) is 6. The maximum Gasteiger partial charge on any atom is 0.183 e. The van der Waals surface area contributed by atoms with E-state index in [0.29, 0.717) is 28.4 Å². The van der Waals surface area contributed by atoms with E-state index in [1.54, 1.807) is 25.7 Å². The Morgan fingerprint density at radius 3 is 2.77 bits per heavy atom. The first-order chi connectivity index (χ1) is 17.2. The molecule has 178 valence electrons. The van der Waals surface area contributed by atoms with E-state index in [4.69, 9.17) is 14.5 Å². The number of halogens is 1. The summed E-state index contributed by atoms with van der Waals surface area (Å²) in [5.74, 6) is 0.585. The van der Waals surface area contributed by atoms with Gasteiger partial charge in [0.25, 0.3) is 0 Å². The molecule has 1 aromatic carbocycles. The molecule has 0 atom stereocenters. The van der Waals surface area contributed by atoms with Crippen LogP contribution in [-0.2, 0) is 11.3 Å². The summed E-state index contributed by atoms with van der Waals surface area (Å²) in [6.45, 7) is 4.26. The summed E-state index contributed by atoms with van der Waals surface area (Å²) in [5.41, 5.74) is 5.92. The SMILES string of the molecule is CCn1cnc2c(-c3ccc(F)c(-c4cn5cc(C6CCOCC6)nc5cc4OC)c3)cnnc21. The van der Waals surface area contributed by atoms with Crippen LogP contribution in [0.5, 0.6) is 5.75 Å². The zero-order chi connectivity index (χ0) is 23.9. The maximum atomic E-state index is 15.2. The molecule has 0 aliphatic carbocycles. The second-order valence-electron chi connectivity index (χ2n) is 8.73. The van der Waals surface area contributed by atoms with Crippen LogP contribution in [0.25, 0.3) is 39.1 Å². The Morgan fingerprint density at radius 1 is 1.11 bits per heavy atom. The summed E-state index contributed by atoms with van der Waals surface area (Å²) >= 11 is 0. The van der Waals surface area contributed by atoms with E-state index < -0.39 is 0 Å². The molecular weight excluding hydrogens is 447 g/mol. The average Bonchev–Trinajstić information content (AvgIpc) is 3.52. The van der Waals surface area contributed by atoms with E-state index in [0.717, 1.165) is 60.6 Å². The van der Waals surface area contributed by atoms with E-state index >= 15 is 4.39 Å². The van der Waals surface area contributed by atoms with E-state index in [9.17, 15) is 0 Å². The van der Waals surface area contributed by atoms with Crippen molar-refractivity contribution in [3.8, 4) is 28.0 Å². The molecule has 1 aliphatic heterocycles. The van der Waals surface area contributed by atoms with E-state index in [1.165, 1.54) is 6.07 Å². The molecular formula is C26H25FN6O2. The number of hydrogen-bond donors (Lipinski definition) is 0. The summed E-state index contributed by atoms with van der Waals surface area (Å²) in [6, 6.07) is 6.89. The average molecular weight is 473 g/mol. The second kappa shape index (κ2) is 8.74. The number of rotatable bonds is 5. The molecule has 9 heteroatoms. The van der Waals surface area contributed by atoms with Gasteiger partial charge in [-0.3, -0.25) is 0 Å². The summed E-state index contributed by atoms with van der Waals surface area (Å²) in [5, 5.41) is 8.40. The van der Waals surface area contributed by atoms with Gasteiger partial charge in [0.05, 0.1) is 25.3 Å². The molecule has 0 N–H and O–H groups in total. The van der Waals surface area contributed by atoms with Crippen molar-refractivity contribution in [1.82, 2.24) is 29.1 Å². The molecule has 4 aromatic heterocycles. The number of fused-ring (bicyclic) bond motifs is 2. The quantitative estimate of drug-likeness (QED) is 0.363. The lowest BCUT2D eigenvalue weighted by Crippen LogP contribution is -2.14. The maximum absolute atomic E-state index is 15.2. The van der Waals surface area contributed by atoms with Crippen LogP contribution in [0.1, 0.15) is 31.4 Å². The van der Waals surface area contributed by atoms with Gasteiger partial charge in [0, 0.05) is 60.8 Å². The van der Waals surface area contributed by atoms with Crippen LogP contribution >= 0.6 is 0 Å². The Labute approximate surface area is 201 Å². The first-order valence-electron chi connectivity index (χ1n) is 11.8. The molecule has 0 bridgehead atoms. The molecule has 1 saturated heterocycles. The molecule has 35 heavy (non-hydrogen) atoms. The Bertz CT molecular complexity index is 1540. The van der Waals surface area contributed by atoms with Gasteiger partial charge in [-0.05, 0) is 37.5 Å². The van der Waals surface area contributed by atoms with E-state index in [1.807, 2.05) is 40.4 Å². The fraction of sp³-hybridized carbons (Fsp3) is 0.308. The van der Waals surface area contributed by atoms with Crippen molar-refractivity contribution >= 4 is 16.8 Å². The van der Waals surface area contributed by atoms with Crippen LogP contribution in [0, 0.1) is 5.82 Å². The minimum atomic E-state index is -0.339. The third kappa shape index (κ3) is 3.72. The van der Waals surface area contributed by atoms with Crippen molar-refractivity contribution in [2.24, 2.45) is 0 Å².